The number of nitrogens with one attached hydrogen (secondary N) is 2. The molecule has 1 atom stereocenters. The van der Waals surface area contributed by atoms with Gasteiger partial charge in [-0.05, 0) is 86.1 Å². The summed E-state index contributed by atoms with van der Waals surface area (Å²) < 4.78 is 19.7. The van der Waals surface area contributed by atoms with Crippen molar-refractivity contribution in [2.24, 2.45) is 10.9 Å². The predicted octanol–water partition coefficient (Wildman–Crippen LogP) is 7.32. The number of hydrogen-bond donors (Lipinski definition) is 2. The number of ether oxygens (including phenoxy) is 1. The Hall–Kier alpha value is -3.93. The zero-order valence-corrected chi connectivity index (χ0v) is 24.8. The molecular formula is C33H35ClFN5O2. The van der Waals surface area contributed by atoms with E-state index >= 15 is 0 Å². The Morgan fingerprint density at radius 2 is 1.90 bits per heavy atom. The molecule has 2 aliphatic heterocycles. The smallest absolute Gasteiger partial charge is 0.410 e. The topological polar surface area (TPSA) is 89.8 Å². The van der Waals surface area contributed by atoms with Gasteiger partial charge in [-0.2, -0.15) is 5.26 Å². The minimum atomic E-state index is -0.535. The number of carbonyl (C=O) groups excluding carboxylic acids is 1. The summed E-state index contributed by atoms with van der Waals surface area (Å²) in [5, 5.41) is 16.3. The molecule has 2 aliphatic rings. The lowest BCUT2D eigenvalue weighted by atomic mass is 9.85. The van der Waals surface area contributed by atoms with Crippen LogP contribution in [0.1, 0.15) is 56.3 Å². The highest BCUT2D eigenvalue weighted by atomic mass is 35.5. The molecule has 1 fully saturated rings. The number of amides is 1. The molecule has 1 saturated heterocycles. The van der Waals surface area contributed by atoms with E-state index in [1.54, 1.807) is 17.0 Å². The number of likely N-dealkylation sites (tertiary alicyclic amines) is 1. The maximum atomic E-state index is 14.1. The van der Waals surface area contributed by atoms with Crippen molar-refractivity contribution in [1.29, 1.82) is 5.26 Å². The van der Waals surface area contributed by atoms with E-state index in [0.29, 0.717) is 37.4 Å². The molecule has 0 spiro atoms. The lowest BCUT2D eigenvalue weighted by molar-refractivity contribution is 0.0169. The Bertz CT molecular complexity index is 1520. The SMILES string of the molecule is CC(C)(C)OC(=O)N1CCC(C(NCC2=NCc3cc(Cl)c(F)cc3N2)c2ccc(-c3cccc(C#N)c3)cc2)CC1. The summed E-state index contributed by atoms with van der Waals surface area (Å²) in [5.74, 6) is 0.529. The molecule has 42 heavy (non-hydrogen) atoms. The van der Waals surface area contributed by atoms with Gasteiger partial charge in [0, 0.05) is 24.8 Å². The molecule has 1 amide bonds. The largest absolute Gasteiger partial charge is 0.444 e. The quantitative estimate of drug-likeness (QED) is 0.315. The van der Waals surface area contributed by atoms with Crippen LogP contribution in [-0.4, -0.2) is 42.1 Å². The summed E-state index contributed by atoms with van der Waals surface area (Å²) in [5.41, 5.74) is 4.76. The molecule has 2 N–H and O–H groups in total. The third-order valence-electron chi connectivity index (χ3n) is 7.61. The molecule has 0 radical (unpaired) electrons. The fourth-order valence-electron chi connectivity index (χ4n) is 5.47. The first kappa shape index (κ1) is 29.6. The van der Waals surface area contributed by atoms with Gasteiger partial charge in [-0.15, -0.1) is 0 Å². The average molecular weight is 588 g/mol. The number of aliphatic imine (C=N–C) groups is 1. The Morgan fingerprint density at radius 3 is 2.60 bits per heavy atom. The second-order valence-corrected chi connectivity index (χ2v) is 12.2. The zero-order chi connectivity index (χ0) is 29.9. The first-order chi connectivity index (χ1) is 20.1. The van der Waals surface area contributed by atoms with Crippen molar-refractivity contribution in [3.63, 3.8) is 0 Å². The number of carbonyl (C=O) groups is 1. The number of fused-ring (bicyclic) bond motifs is 1. The summed E-state index contributed by atoms with van der Waals surface area (Å²) in [6.45, 7) is 7.75. The van der Waals surface area contributed by atoms with Crippen LogP contribution in [0.25, 0.3) is 11.1 Å². The molecule has 7 nitrogen and oxygen atoms in total. The third-order valence-corrected chi connectivity index (χ3v) is 7.90. The molecule has 5 rings (SSSR count). The molecule has 1 unspecified atom stereocenters. The van der Waals surface area contributed by atoms with Gasteiger partial charge in [0.05, 0.1) is 29.7 Å². The highest BCUT2D eigenvalue weighted by Crippen LogP contribution is 2.33. The minimum Gasteiger partial charge on any atom is -0.444 e. The van der Waals surface area contributed by atoms with Crippen LogP contribution in [0.4, 0.5) is 14.9 Å². The fraction of sp³-hybridized carbons (Fsp3) is 0.364. The van der Waals surface area contributed by atoms with Crippen LogP contribution in [0.15, 0.2) is 65.7 Å². The van der Waals surface area contributed by atoms with Crippen LogP contribution in [0.5, 0.6) is 0 Å². The van der Waals surface area contributed by atoms with Gasteiger partial charge in [0.15, 0.2) is 0 Å². The minimum absolute atomic E-state index is 0.00173. The van der Waals surface area contributed by atoms with E-state index in [1.165, 1.54) is 6.07 Å². The van der Waals surface area contributed by atoms with Crippen LogP contribution >= 0.6 is 11.6 Å². The van der Waals surface area contributed by atoms with Gasteiger partial charge >= 0.3 is 6.09 Å². The van der Waals surface area contributed by atoms with Crippen molar-refractivity contribution < 1.29 is 13.9 Å². The molecule has 9 heteroatoms. The zero-order valence-electron chi connectivity index (χ0n) is 24.1. The van der Waals surface area contributed by atoms with Gasteiger partial charge in [0.1, 0.15) is 17.3 Å². The normalized spacial score (nSPS) is 16.1. The number of anilines is 1. The first-order valence-electron chi connectivity index (χ1n) is 14.2. The molecule has 0 bridgehead atoms. The number of amidine groups is 1. The van der Waals surface area contributed by atoms with Gasteiger partial charge in [-0.25, -0.2) is 9.18 Å². The average Bonchev–Trinajstić information content (AvgIpc) is 2.98. The van der Waals surface area contributed by atoms with Crippen molar-refractivity contribution >= 4 is 29.2 Å². The first-order valence-corrected chi connectivity index (χ1v) is 14.6. The van der Waals surface area contributed by atoms with E-state index in [2.05, 4.69) is 46.0 Å². The monoisotopic (exact) mass is 587 g/mol. The summed E-state index contributed by atoms with van der Waals surface area (Å²) in [6.07, 6.45) is 1.35. The maximum absolute atomic E-state index is 14.1. The second kappa shape index (κ2) is 12.5. The Balaban J connectivity index is 1.32. The molecule has 218 valence electrons. The lowest BCUT2D eigenvalue weighted by Crippen LogP contribution is -2.45. The van der Waals surface area contributed by atoms with E-state index in [-0.39, 0.29) is 23.1 Å². The van der Waals surface area contributed by atoms with E-state index in [0.717, 1.165) is 40.9 Å². The molecule has 2 heterocycles. The summed E-state index contributed by atoms with van der Waals surface area (Å²) >= 11 is 5.95. The van der Waals surface area contributed by atoms with Crippen molar-refractivity contribution in [2.75, 3.05) is 25.0 Å². The number of halogens is 2. The summed E-state index contributed by atoms with van der Waals surface area (Å²) in [7, 11) is 0. The standard InChI is InChI=1S/C33H35ClFN5O2/c1-33(2,3)42-32(41)40-13-11-24(12-14-40)31(23-9-7-22(8-10-23)25-6-4-5-21(15-25)18-36)38-20-30-37-19-26-16-27(34)28(35)17-29(26)39-30/h4-10,15-17,24,31,38H,11-14,19-20H2,1-3H3,(H,37,39). The third kappa shape index (κ3) is 7.10. The number of nitriles is 1. The van der Waals surface area contributed by atoms with E-state index < -0.39 is 11.4 Å². The lowest BCUT2D eigenvalue weighted by Gasteiger charge is -2.37. The van der Waals surface area contributed by atoms with Gasteiger partial charge in [0.2, 0.25) is 0 Å². The molecule has 0 saturated carbocycles. The Kier molecular flexibility index (Phi) is 8.81. The van der Waals surface area contributed by atoms with Gasteiger partial charge in [-0.1, -0.05) is 48.0 Å². The van der Waals surface area contributed by atoms with Crippen LogP contribution in [-0.2, 0) is 11.3 Å². The molecule has 0 aromatic heterocycles. The van der Waals surface area contributed by atoms with Crippen molar-refractivity contribution in [2.45, 2.75) is 51.8 Å². The summed E-state index contributed by atoms with van der Waals surface area (Å²) in [4.78, 5) is 19.1. The Morgan fingerprint density at radius 1 is 1.17 bits per heavy atom. The molecular weight excluding hydrogens is 553 g/mol. The van der Waals surface area contributed by atoms with Crippen molar-refractivity contribution in [3.05, 3.63) is 88.2 Å². The number of rotatable bonds is 6. The van der Waals surface area contributed by atoms with Crippen molar-refractivity contribution in [3.8, 4) is 17.2 Å². The fourth-order valence-corrected chi connectivity index (χ4v) is 5.65. The number of benzene rings is 3. The summed E-state index contributed by atoms with van der Waals surface area (Å²) in [6, 6.07) is 21.2. The van der Waals surface area contributed by atoms with E-state index in [4.69, 9.17) is 16.3 Å². The molecule has 0 aliphatic carbocycles. The van der Waals surface area contributed by atoms with Gasteiger partial charge < -0.3 is 20.3 Å². The maximum Gasteiger partial charge on any atom is 0.410 e. The number of hydrogen-bond acceptors (Lipinski definition) is 6. The highest BCUT2D eigenvalue weighted by molar-refractivity contribution is 6.31. The van der Waals surface area contributed by atoms with Gasteiger partial charge in [0.25, 0.3) is 0 Å². The molecule has 3 aromatic carbocycles. The number of nitrogens with zero attached hydrogens (tertiary/aromatic N) is 3. The predicted molar refractivity (Wildman–Crippen MR) is 164 cm³/mol. The van der Waals surface area contributed by atoms with Crippen LogP contribution < -0.4 is 10.6 Å². The number of piperidine rings is 1. The van der Waals surface area contributed by atoms with Gasteiger partial charge in [-0.3, -0.25) is 4.99 Å². The Labute approximate surface area is 251 Å². The molecule has 3 aromatic rings. The van der Waals surface area contributed by atoms with Crippen LogP contribution in [0.3, 0.4) is 0 Å². The van der Waals surface area contributed by atoms with Crippen molar-refractivity contribution in [1.82, 2.24) is 10.2 Å². The highest BCUT2D eigenvalue weighted by Gasteiger charge is 2.31. The second-order valence-electron chi connectivity index (χ2n) is 11.8. The van der Waals surface area contributed by atoms with E-state index in [1.807, 2.05) is 39.0 Å². The van der Waals surface area contributed by atoms with Crippen LogP contribution in [0, 0.1) is 23.1 Å². The van der Waals surface area contributed by atoms with E-state index in [9.17, 15) is 14.4 Å². The van der Waals surface area contributed by atoms with Crippen LogP contribution in [0.2, 0.25) is 5.02 Å².